The summed E-state index contributed by atoms with van der Waals surface area (Å²) >= 11 is 0. The second kappa shape index (κ2) is 4.66. The molecule has 1 saturated carbocycles. The molecule has 1 atom stereocenters. The molecule has 0 aromatic rings. The quantitative estimate of drug-likeness (QED) is 0.635. The first-order valence-corrected chi connectivity index (χ1v) is 5.06. The monoisotopic (exact) mass is 167 g/mol. The lowest BCUT2D eigenvalue weighted by Crippen LogP contribution is -2.17. The number of nitrogens with one attached hydrogen (secondary N) is 1. The highest BCUT2D eigenvalue weighted by Crippen LogP contribution is 2.30. The molecule has 0 radical (unpaired) electrons. The molecule has 1 unspecified atom stereocenters. The molecule has 1 aliphatic carbocycles. The topological polar surface area (TPSA) is 12.0 Å². The van der Waals surface area contributed by atoms with Gasteiger partial charge in [-0.3, -0.25) is 0 Å². The van der Waals surface area contributed by atoms with Gasteiger partial charge in [-0.15, -0.1) is 0 Å². The Morgan fingerprint density at radius 3 is 2.58 bits per heavy atom. The molecule has 1 nitrogen and oxygen atoms in total. The van der Waals surface area contributed by atoms with Crippen LogP contribution in [-0.4, -0.2) is 13.6 Å². The predicted octanol–water partition coefficient (Wildman–Crippen LogP) is 2.73. The maximum Gasteiger partial charge on any atom is -0.00231 e. The fourth-order valence-electron chi connectivity index (χ4n) is 1.87. The SMILES string of the molecule is CNCC(C)CC(C)=C1CCC1. The predicted molar refractivity (Wildman–Crippen MR) is 54.3 cm³/mol. The van der Waals surface area contributed by atoms with Crippen LogP contribution in [0.1, 0.15) is 39.5 Å². The van der Waals surface area contributed by atoms with Crippen LogP contribution in [0.4, 0.5) is 0 Å². The van der Waals surface area contributed by atoms with Gasteiger partial charge in [0.25, 0.3) is 0 Å². The molecule has 0 spiro atoms. The summed E-state index contributed by atoms with van der Waals surface area (Å²) in [4.78, 5) is 0. The number of allylic oxidation sites excluding steroid dienone is 2. The molecule has 70 valence electrons. The van der Waals surface area contributed by atoms with Gasteiger partial charge in [-0.05, 0) is 52.1 Å². The molecule has 0 aromatic carbocycles. The molecule has 1 N–H and O–H groups in total. The number of hydrogen-bond donors (Lipinski definition) is 1. The van der Waals surface area contributed by atoms with Crippen LogP contribution in [0.3, 0.4) is 0 Å². The van der Waals surface area contributed by atoms with Crippen LogP contribution >= 0.6 is 0 Å². The van der Waals surface area contributed by atoms with E-state index in [0.29, 0.717) is 0 Å². The third-order valence-corrected chi connectivity index (χ3v) is 2.77. The molecule has 0 aromatic heterocycles. The minimum atomic E-state index is 0.795. The zero-order valence-corrected chi connectivity index (χ0v) is 8.61. The maximum absolute atomic E-state index is 3.23. The molecule has 1 aliphatic rings. The van der Waals surface area contributed by atoms with E-state index in [4.69, 9.17) is 0 Å². The Hall–Kier alpha value is -0.300. The summed E-state index contributed by atoms with van der Waals surface area (Å²) in [6, 6.07) is 0. The van der Waals surface area contributed by atoms with Crippen LogP contribution in [0.2, 0.25) is 0 Å². The van der Waals surface area contributed by atoms with Crippen molar-refractivity contribution in [3.8, 4) is 0 Å². The zero-order valence-electron chi connectivity index (χ0n) is 8.61. The molecule has 0 saturated heterocycles. The Labute approximate surface area is 76.2 Å². The van der Waals surface area contributed by atoms with Crippen molar-refractivity contribution in [2.75, 3.05) is 13.6 Å². The maximum atomic E-state index is 3.23. The minimum absolute atomic E-state index is 0.795. The summed E-state index contributed by atoms with van der Waals surface area (Å²) in [5.41, 5.74) is 3.39. The van der Waals surface area contributed by atoms with Crippen molar-refractivity contribution in [2.45, 2.75) is 39.5 Å². The van der Waals surface area contributed by atoms with Crippen molar-refractivity contribution in [3.05, 3.63) is 11.1 Å². The number of hydrogen-bond acceptors (Lipinski definition) is 1. The summed E-state index contributed by atoms with van der Waals surface area (Å²) in [5, 5.41) is 3.23. The van der Waals surface area contributed by atoms with Crippen LogP contribution in [0.5, 0.6) is 0 Å². The van der Waals surface area contributed by atoms with Gasteiger partial charge in [-0.1, -0.05) is 18.1 Å². The van der Waals surface area contributed by atoms with E-state index in [-0.39, 0.29) is 0 Å². The molecule has 1 rings (SSSR count). The fraction of sp³-hybridized carbons (Fsp3) is 0.818. The minimum Gasteiger partial charge on any atom is -0.319 e. The highest BCUT2D eigenvalue weighted by molar-refractivity contribution is 5.17. The standard InChI is InChI=1S/C11H21N/c1-9(8-12-3)7-10(2)11-5-4-6-11/h9,12H,4-8H2,1-3H3. The van der Waals surface area contributed by atoms with Gasteiger partial charge in [0, 0.05) is 0 Å². The average Bonchev–Trinajstić information content (AvgIpc) is 1.82. The Morgan fingerprint density at radius 2 is 2.17 bits per heavy atom. The van der Waals surface area contributed by atoms with E-state index in [1.165, 1.54) is 25.7 Å². The summed E-state index contributed by atoms with van der Waals surface area (Å²) in [6.45, 7) is 5.77. The average molecular weight is 167 g/mol. The van der Waals surface area contributed by atoms with Gasteiger partial charge in [0.05, 0.1) is 0 Å². The van der Waals surface area contributed by atoms with Gasteiger partial charge in [-0.2, -0.15) is 0 Å². The Bertz CT molecular complexity index is 164. The molecule has 1 fully saturated rings. The van der Waals surface area contributed by atoms with Gasteiger partial charge in [-0.25, -0.2) is 0 Å². The molecular weight excluding hydrogens is 146 g/mol. The highest BCUT2D eigenvalue weighted by Gasteiger charge is 2.12. The van der Waals surface area contributed by atoms with E-state index in [9.17, 15) is 0 Å². The number of rotatable bonds is 4. The highest BCUT2D eigenvalue weighted by atomic mass is 14.8. The van der Waals surface area contributed by atoms with Gasteiger partial charge in [0.15, 0.2) is 0 Å². The Kier molecular flexibility index (Phi) is 3.80. The largest absolute Gasteiger partial charge is 0.319 e. The van der Waals surface area contributed by atoms with Crippen molar-refractivity contribution < 1.29 is 0 Å². The van der Waals surface area contributed by atoms with Crippen LogP contribution in [0.15, 0.2) is 11.1 Å². The first-order valence-electron chi connectivity index (χ1n) is 5.06. The van der Waals surface area contributed by atoms with Crippen molar-refractivity contribution in [2.24, 2.45) is 5.92 Å². The first kappa shape index (κ1) is 9.79. The van der Waals surface area contributed by atoms with E-state index < -0.39 is 0 Å². The van der Waals surface area contributed by atoms with E-state index in [0.717, 1.165) is 12.5 Å². The Morgan fingerprint density at radius 1 is 1.50 bits per heavy atom. The van der Waals surface area contributed by atoms with E-state index in [1.807, 2.05) is 7.05 Å². The van der Waals surface area contributed by atoms with Gasteiger partial charge >= 0.3 is 0 Å². The molecular formula is C11H21N. The van der Waals surface area contributed by atoms with Crippen LogP contribution in [-0.2, 0) is 0 Å². The van der Waals surface area contributed by atoms with Crippen molar-refractivity contribution in [1.82, 2.24) is 5.32 Å². The molecule has 0 heterocycles. The van der Waals surface area contributed by atoms with E-state index in [1.54, 1.807) is 11.1 Å². The zero-order chi connectivity index (χ0) is 8.97. The van der Waals surface area contributed by atoms with Crippen molar-refractivity contribution in [1.29, 1.82) is 0 Å². The third-order valence-electron chi connectivity index (χ3n) is 2.77. The lowest BCUT2D eigenvalue weighted by molar-refractivity contribution is 0.526. The van der Waals surface area contributed by atoms with E-state index >= 15 is 0 Å². The summed E-state index contributed by atoms with van der Waals surface area (Å²) in [5.74, 6) is 0.795. The second-order valence-electron chi connectivity index (χ2n) is 4.10. The fourth-order valence-corrected chi connectivity index (χ4v) is 1.87. The molecule has 0 aliphatic heterocycles. The summed E-state index contributed by atoms with van der Waals surface area (Å²) in [6.07, 6.45) is 5.46. The first-order chi connectivity index (χ1) is 5.74. The smallest absolute Gasteiger partial charge is 0.00231 e. The lowest BCUT2D eigenvalue weighted by atomic mass is 9.85. The van der Waals surface area contributed by atoms with Crippen LogP contribution in [0.25, 0.3) is 0 Å². The molecule has 0 amide bonds. The molecule has 12 heavy (non-hydrogen) atoms. The summed E-state index contributed by atoms with van der Waals surface area (Å²) < 4.78 is 0. The third kappa shape index (κ3) is 2.63. The van der Waals surface area contributed by atoms with Crippen LogP contribution in [0, 0.1) is 5.92 Å². The molecule has 1 heteroatoms. The second-order valence-corrected chi connectivity index (χ2v) is 4.10. The van der Waals surface area contributed by atoms with Gasteiger partial charge < -0.3 is 5.32 Å². The molecule has 0 bridgehead atoms. The van der Waals surface area contributed by atoms with Crippen molar-refractivity contribution in [3.63, 3.8) is 0 Å². The normalized spacial score (nSPS) is 18.8. The van der Waals surface area contributed by atoms with Crippen LogP contribution < -0.4 is 5.32 Å². The van der Waals surface area contributed by atoms with Gasteiger partial charge in [0.1, 0.15) is 0 Å². The van der Waals surface area contributed by atoms with E-state index in [2.05, 4.69) is 19.2 Å². The summed E-state index contributed by atoms with van der Waals surface area (Å²) in [7, 11) is 2.03. The Balaban J connectivity index is 2.29. The lowest BCUT2D eigenvalue weighted by Gasteiger charge is -2.22. The van der Waals surface area contributed by atoms with Gasteiger partial charge in [0.2, 0.25) is 0 Å². The van der Waals surface area contributed by atoms with Crippen molar-refractivity contribution >= 4 is 0 Å².